The molecule has 22 heavy (non-hydrogen) atoms. The summed E-state index contributed by atoms with van der Waals surface area (Å²) in [6.07, 6.45) is 4.15. The van der Waals surface area contributed by atoms with Crippen molar-refractivity contribution >= 4 is 11.5 Å². The number of nitrogens with one attached hydrogen (secondary N) is 1. The molecule has 2 N–H and O–H groups in total. The van der Waals surface area contributed by atoms with E-state index in [1.54, 1.807) is 4.52 Å². The summed E-state index contributed by atoms with van der Waals surface area (Å²) in [4.78, 5) is 0. The van der Waals surface area contributed by atoms with Crippen LogP contribution >= 0.6 is 0 Å². The Morgan fingerprint density at radius 3 is 2.73 bits per heavy atom. The fraction of sp³-hybridized carbons (Fsp3) is 0.688. The Labute approximate surface area is 130 Å². The summed E-state index contributed by atoms with van der Waals surface area (Å²) in [7, 11) is 0. The van der Waals surface area contributed by atoms with Crippen LogP contribution in [-0.4, -0.2) is 37.6 Å². The molecule has 1 aliphatic carbocycles. The highest BCUT2D eigenvalue weighted by molar-refractivity contribution is 5.44. The minimum atomic E-state index is -0.190. The van der Waals surface area contributed by atoms with Crippen molar-refractivity contribution in [3.8, 4) is 0 Å². The monoisotopic (exact) mass is 303 g/mol. The molecule has 0 spiro atoms. The number of anilines is 1. The molecule has 0 amide bonds. The predicted octanol–water partition coefficient (Wildman–Crippen LogP) is 2.38. The molecular weight excluding hydrogens is 278 g/mol. The SMILES string of the molecule is CC(C)(C)c1nnc2ccc(NCC3CCCCC3O)nn12. The summed E-state index contributed by atoms with van der Waals surface area (Å²) in [6.45, 7) is 7.06. The van der Waals surface area contributed by atoms with Gasteiger partial charge in [0.25, 0.3) is 0 Å². The number of aliphatic hydroxyl groups excluding tert-OH is 1. The van der Waals surface area contributed by atoms with Crippen LogP contribution in [0.4, 0.5) is 5.82 Å². The lowest BCUT2D eigenvalue weighted by molar-refractivity contribution is 0.0763. The first-order valence-electron chi connectivity index (χ1n) is 8.10. The summed E-state index contributed by atoms with van der Waals surface area (Å²) < 4.78 is 1.81. The standard InChI is InChI=1S/C16H25N5O/c1-16(2,3)15-19-18-14-9-8-13(20-21(14)15)17-10-11-6-4-5-7-12(11)22/h8-9,11-12,22H,4-7,10H2,1-3H3,(H,17,20). The van der Waals surface area contributed by atoms with Crippen LogP contribution in [-0.2, 0) is 5.41 Å². The zero-order chi connectivity index (χ0) is 15.7. The lowest BCUT2D eigenvalue weighted by Crippen LogP contribution is -2.30. The van der Waals surface area contributed by atoms with Crippen LogP contribution in [0.3, 0.4) is 0 Å². The van der Waals surface area contributed by atoms with E-state index in [4.69, 9.17) is 0 Å². The lowest BCUT2D eigenvalue weighted by atomic mass is 9.86. The highest BCUT2D eigenvalue weighted by Crippen LogP contribution is 2.25. The van der Waals surface area contributed by atoms with Crippen LogP contribution in [0.15, 0.2) is 12.1 Å². The van der Waals surface area contributed by atoms with Gasteiger partial charge < -0.3 is 10.4 Å². The van der Waals surface area contributed by atoms with Crippen molar-refractivity contribution in [1.29, 1.82) is 0 Å². The number of fused-ring (bicyclic) bond motifs is 1. The van der Waals surface area contributed by atoms with E-state index in [0.29, 0.717) is 5.92 Å². The van der Waals surface area contributed by atoms with Crippen LogP contribution < -0.4 is 5.32 Å². The van der Waals surface area contributed by atoms with E-state index in [0.717, 1.165) is 43.1 Å². The third kappa shape index (κ3) is 3.06. The van der Waals surface area contributed by atoms with E-state index in [1.165, 1.54) is 6.42 Å². The van der Waals surface area contributed by atoms with Crippen molar-refractivity contribution in [3.63, 3.8) is 0 Å². The first kappa shape index (κ1) is 15.2. The summed E-state index contributed by atoms with van der Waals surface area (Å²) in [5, 5.41) is 26.4. The van der Waals surface area contributed by atoms with Crippen LogP contribution in [0.5, 0.6) is 0 Å². The van der Waals surface area contributed by atoms with Gasteiger partial charge in [-0.3, -0.25) is 0 Å². The van der Waals surface area contributed by atoms with Gasteiger partial charge in [0.05, 0.1) is 6.10 Å². The van der Waals surface area contributed by atoms with Crippen molar-refractivity contribution < 1.29 is 5.11 Å². The Morgan fingerprint density at radius 2 is 2.00 bits per heavy atom. The fourth-order valence-electron chi connectivity index (χ4n) is 3.01. The number of hydrogen-bond donors (Lipinski definition) is 2. The Kier molecular flexibility index (Phi) is 4.04. The van der Waals surface area contributed by atoms with Crippen LogP contribution in [0.1, 0.15) is 52.3 Å². The molecule has 1 saturated carbocycles. The van der Waals surface area contributed by atoms with Gasteiger partial charge in [0.1, 0.15) is 5.82 Å². The highest BCUT2D eigenvalue weighted by atomic mass is 16.3. The van der Waals surface area contributed by atoms with Gasteiger partial charge in [-0.2, -0.15) is 4.52 Å². The summed E-state index contributed by atoms with van der Waals surface area (Å²) >= 11 is 0. The topological polar surface area (TPSA) is 75.3 Å². The maximum Gasteiger partial charge on any atom is 0.178 e. The second-order valence-electron chi connectivity index (χ2n) is 7.25. The Balaban J connectivity index is 1.77. The molecule has 2 unspecified atom stereocenters. The van der Waals surface area contributed by atoms with E-state index in [1.807, 2.05) is 12.1 Å². The first-order chi connectivity index (χ1) is 10.4. The molecule has 1 fully saturated rings. The van der Waals surface area contributed by atoms with E-state index in [-0.39, 0.29) is 11.5 Å². The molecule has 0 aromatic carbocycles. The van der Waals surface area contributed by atoms with Crippen molar-refractivity contribution in [2.75, 3.05) is 11.9 Å². The van der Waals surface area contributed by atoms with E-state index in [9.17, 15) is 5.11 Å². The van der Waals surface area contributed by atoms with Crippen molar-refractivity contribution in [1.82, 2.24) is 19.8 Å². The van der Waals surface area contributed by atoms with Crippen LogP contribution in [0, 0.1) is 5.92 Å². The minimum Gasteiger partial charge on any atom is -0.393 e. The van der Waals surface area contributed by atoms with E-state index in [2.05, 4.69) is 41.4 Å². The second kappa shape index (κ2) is 5.83. The third-order valence-corrected chi connectivity index (χ3v) is 4.35. The van der Waals surface area contributed by atoms with Gasteiger partial charge in [-0.15, -0.1) is 15.3 Å². The lowest BCUT2D eigenvalue weighted by Gasteiger charge is -2.27. The molecule has 2 aromatic heterocycles. The molecule has 120 valence electrons. The average molecular weight is 303 g/mol. The van der Waals surface area contributed by atoms with Crippen LogP contribution in [0.2, 0.25) is 0 Å². The highest BCUT2D eigenvalue weighted by Gasteiger charge is 2.24. The van der Waals surface area contributed by atoms with Gasteiger partial charge in [-0.05, 0) is 25.0 Å². The predicted molar refractivity (Wildman–Crippen MR) is 85.9 cm³/mol. The molecule has 0 bridgehead atoms. The molecule has 0 aliphatic heterocycles. The molecule has 6 heteroatoms. The van der Waals surface area contributed by atoms with Gasteiger partial charge in [-0.1, -0.05) is 33.6 Å². The van der Waals surface area contributed by atoms with Crippen molar-refractivity contribution in [2.45, 2.75) is 58.0 Å². The van der Waals surface area contributed by atoms with E-state index >= 15 is 0 Å². The van der Waals surface area contributed by atoms with Gasteiger partial charge in [0.15, 0.2) is 11.5 Å². The average Bonchev–Trinajstić information content (AvgIpc) is 2.89. The minimum absolute atomic E-state index is 0.107. The van der Waals surface area contributed by atoms with Gasteiger partial charge in [-0.25, -0.2) is 0 Å². The number of aliphatic hydroxyl groups is 1. The number of rotatable bonds is 3. The number of nitrogens with zero attached hydrogens (tertiary/aromatic N) is 4. The molecule has 2 atom stereocenters. The zero-order valence-corrected chi connectivity index (χ0v) is 13.6. The molecule has 1 aliphatic rings. The van der Waals surface area contributed by atoms with Crippen molar-refractivity contribution in [2.24, 2.45) is 5.92 Å². The molecule has 2 aromatic rings. The van der Waals surface area contributed by atoms with E-state index < -0.39 is 0 Å². The van der Waals surface area contributed by atoms with Gasteiger partial charge in [0, 0.05) is 17.9 Å². The Morgan fingerprint density at radius 1 is 1.23 bits per heavy atom. The number of hydrogen-bond acceptors (Lipinski definition) is 5. The first-order valence-corrected chi connectivity index (χ1v) is 8.10. The maximum absolute atomic E-state index is 10.1. The molecular formula is C16H25N5O. The molecule has 3 rings (SSSR count). The molecule has 0 saturated heterocycles. The molecule has 0 radical (unpaired) electrons. The maximum atomic E-state index is 10.1. The normalized spacial score (nSPS) is 22.9. The Hall–Kier alpha value is -1.69. The fourth-order valence-corrected chi connectivity index (χ4v) is 3.01. The van der Waals surface area contributed by atoms with Gasteiger partial charge >= 0.3 is 0 Å². The molecule has 2 heterocycles. The summed E-state index contributed by atoms with van der Waals surface area (Å²) in [5.41, 5.74) is 0.651. The largest absolute Gasteiger partial charge is 0.393 e. The zero-order valence-electron chi connectivity index (χ0n) is 13.6. The second-order valence-corrected chi connectivity index (χ2v) is 7.25. The van der Waals surface area contributed by atoms with Crippen molar-refractivity contribution in [3.05, 3.63) is 18.0 Å². The Bertz CT molecular complexity index is 646. The van der Waals surface area contributed by atoms with Gasteiger partial charge in [0.2, 0.25) is 0 Å². The molecule has 6 nitrogen and oxygen atoms in total. The summed E-state index contributed by atoms with van der Waals surface area (Å²) in [6, 6.07) is 3.85. The smallest absolute Gasteiger partial charge is 0.178 e. The third-order valence-electron chi connectivity index (χ3n) is 4.35. The summed E-state index contributed by atoms with van der Waals surface area (Å²) in [5.74, 6) is 1.97. The quantitative estimate of drug-likeness (QED) is 0.910. The number of aromatic nitrogens is 4. The van der Waals surface area contributed by atoms with Crippen LogP contribution in [0.25, 0.3) is 5.65 Å².